The van der Waals surface area contributed by atoms with Crippen molar-refractivity contribution in [3.63, 3.8) is 0 Å². The van der Waals surface area contributed by atoms with Crippen LogP contribution in [-0.4, -0.2) is 70.3 Å². The van der Waals surface area contributed by atoms with Crippen molar-refractivity contribution in [1.82, 2.24) is 19.8 Å². The van der Waals surface area contributed by atoms with Gasteiger partial charge in [-0.25, -0.2) is 14.8 Å². The molecule has 1 N–H and O–H groups in total. The van der Waals surface area contributed by atoms with E-state index in [1.165, 1.54) is 19.3 Å². The third kappa shape index (κ3) is 5.07. The van der Waals surface area contributed by atoms with Crippen LogP contribution < -0.4 is 5.32 Å². The Hall–Kier alpha value is -3.49. The minimum absolute atomic E-state index is 0.0291. The van der Waals surface area contributed by atoms with Crippen LogP contribution in [0.5, 0.6) is 0 Å². The monoisotopic (exact) mass is 397 g/mol. The summed E-state index contributed by atoms with van der Waals surface area (Å²) in [6.45, 7) is 5.30. The van der Waals surface area contributed by atoms with Gasteiger partial charge in [0.2, 0.25) is 5.95 Å². The number of piperazine rings is 1. The first-order valence-electron chi connectivity index (χ1n) is 9.39. The predicted molar refractivity (Wildman–Crippen MR) is 106 cm³/mol. The summed E-state index contributed by atoms with van der Waals surface area (Å²) in [5.74, 6) is 0.117. The number of anilines is 2. The highest BCUT2D eigenvalue weighted by atomic mass is 16.6. The topological polar surface area (TPSA) is 105 Å². The van der Waals surface area contributed by atoms with Gasteiger partial charge in [0, 0.05) is 49.8 Å². The molecule has 1 aromatic carbocycles. The number of rotatable bonds is 5. The minimum Gasteiger partial charge on any atom is -0.450 e. The first-order chi connectivity index (χ1) is 14.0. The molecule has 3 rings (SSSR count). The fourth-order valence-corrected chi connectivity index (χ4v) is 2.94. The van der Waals surface area contributed by atoms with E-state index in [4.69, 9.17) is 4.74 Å². The second-order valence-electron chi connectivity index (χ2n) is 6.54. The van der Waals surface area contributed by atoms with E-state index in [-0.39, 0.29) is 17.8 Å². The van der Waals surface area contributed by atoms with Gasteiger partial charge in [-0.05, 0) is 26.0 Å². The molecular weight excluding hydrogens is 374 g/mol. The third-order valence-electron chi connectivity index (χ3n) is 4.52. The molecule has 29 heavy (non-hydrogen) atoms. The van der Waals surface area contributed by atoms with Crippen molar-refractivity contribution in [2.75, 3.05) is 38.1 Å². The highest BCUT2D eigenvalue weighted by molar-refractivity contribution is 5.95. The van der Waals surface area contributed by atoms with Gasteiger partial charge < -0.3 is 19.9 Å². The van der Waals surface area contributed by atoms with Gasteiger partial charge in [-0.15, -0.1) is 0 Å². The number of amides is 2. The highest BCUT2D eigenvalue weighted by Gasteiger charge is 2.25. The van der Waals surface area contributed by atoms with Crippen LogP contribution in [0.1, 0.15) is 34.6 Å². The molecule has 0 aliphatic carbocycles. The molecule has 1 fully saturated rings. The average molecular weight is 397 g/mol. The average Bonchev–Trinajstić information content (AvgIpc) is 2.74. The Morgan fingerprint density at radius 2 is 1.69 bits per heavy atom. The molecule has 0 bridgehead atoms. The molecule has 1 aliphatic rings. The van der Waals surface area contributed by atoms with E-state index in [0.717, 1.165) is 0 Å². The van der Waals surface area contributed by atoms with Crippen LogP contribution in [0.25, 0.3) is 0 Å². The summed E-state index contributed by atoms with van der Waals surface area (Å²) in [4.78, 5) is 47.5. The molecule has 1 aromatic heterocycles. The maximum Gasteiger partial charge on any atom is 0.409 e. The zero-order valence-electron chi connectivity index (χ0n) is 16.4. The zero-order chi connectivity index (χ0) is 20.8. The first-order valence-corrected chi connectivity index (χ1v) is 9.39. The van der Waals surface area contributed by atoms with E-state index in [9.17, 15) is 14.4 Å². The van der Waals surface area contributed by atoms with E-state index >= 15 is 0 Å². The van der Waals surface area contributed by atoms with Crippen molar-refractivity contribution < 1.29 is 19.1 Å². The number of carbonyl (C=O) groups is 3. The normalized spacial score (nSPS) is 13.7. The number of hydrogen-bond donors (Lipinski definition) is 1. The summed E-state index contributed by atoms with van der Waals surface area (Å²) < 4.78 is 4.98. The van der Waals surface area contributed by atoms with Gasteiger partial charge >= 0.3 is 6.09 Å². The fraction of sp³-hybridized carbons (Fsp3) is 0.350. The van der Waals surface area contributed by atoms with Crippen LogP contribution in [0.2, 0.25) is 0 Å². The first kappa shape index (κ1) is 20.2. The van der Waals surface area contributed by atoms with E-state index < -0.39 is 0 Å². The van der Waals surface area contributed by atoms with E-state index in [1.54, 1.807) is 41.0 Å². The van der Waals surface area contributed by atoms with Crippen LogP contribution in [0.4, 0.5) is 16.4 Å². The maximum atomic E-state index is 12.6. The molecule has 2 amide bonds. The standard InChI is InChI=1S/C20H23N5O4/c1-3-29-20(28)25-9-7-24(8-10-25)18(27)16-12-21-19(22-13-16)23-17-6-4-5-15(11-17)14(2)26/h4-6,11-13H,3,7-10H2,1-2H3,(H,21,22,23). The van der Waals surface area contributed by atoms with E-state index in [0.29, 0.717) is 55.5 Å². The molecule has 0 atom stereocenters. The molecule has 1 aliphatic heterocycles. The van der Waals surface area contributed by atoms with Crippen molar-refractivity contribution in [3.05, 3.63) is 47.8 Å². The largest absolute Gasteiger partial charge is 0.450 e. The molecule has 0 radical (unpaired) electrons. The van der Waals surface area contributed by atoms with Crippen LogP contribution in [-0.2, 0) is 4.74 Å². The fourth-order valence-electron chi connectivity index (χ4n) is 2.94. The van der Waals surface area contributed by atoms with Crippen molar-refractivity contribution in [1.29, 1.82) is 0 Å². The molecule has 1 saturated heterocycles. The van der Waals surface area contributed by atoms with Gasteiger partial charge in [-0.1, -0.05) is 12.1 Å². The number of ether oxygens (including phenoxy) is 1. The molecule has 152 valence electrons. The number of carbonyl (C=O) groups excluding carboxylic acids is 3. The molecule has 9 nitrogen and oxygen atoms in total. The Morgan fingerprint density at radius 3 is 2.31 bits per heavy atom. The number of ketones is 1. The zero-order valence-corrected chi connectivity index (χ0v) is 16.4. The van der Waals surface area contributed by atoms with Crippen molar-refractivity contribution in [3.8, 4) is 0 Å². The van der Waals surface area contributed by atoms with Gasteiger partial charge in [-0.3, -0.25) is 9.59 Å². The molecule has 2 aromatic rings. The van der Waals surface area contributed by atoms with Crippen LogP contribution in [0, 0.1) is 0 Å². The lowest BCUT2D eigenvalue weighted by atomic mass is 10.1. The Morgan fingerprint density at radius 1 is 1.03 bits per heavy atom. The quantitative estimate of drug-likeness (QED) is 0.772. The Bertz CT molecular complexity index is 892. The highest BCUT2D eigenvalue weighted by Crippen LogP contribution is 2.16. The Kier molecular flexibility index (Phi) is 6.38. The summed E-state index contributed by atoms with van der Waals surface area (Å²) in [6.07, 6.45) is 2.57. The van der Waals surface area contributed by atoms with Crippen LogP contribution >= 0.6 is 0 Å². The van der Waals surface area contributed by atoms with Gasteiger partial charge in [0.05, 0.1) is 12.2 Å². The lowest BCUT2D eigenvalue weighted by molar-refractivity contribution is 0.0570. The Balaban J connectivity index is 1.59. The van der Waals surface area contributed by atoms with Gasteiger partial charge in [0.15, 0.2) is 5.78 Å². The summed E-state index contributed by atoms with van der Waals surface area (Å²) in [5.41, 5.74) is 1.65. The van der Waals surface area contributed by atoms with Crippen molar-refractivity contribution >= 4 is 29.4 Å². The molecule has 9 heteroatoms. The number of aromatic nitrogens is 2. The third-order valence-corrected chi connectivity index (χ3v) is 4.52. The molecule has 0 unspecified atom stereocenters. The van der Waals surface area contributed by atoms with Gasteiger partial charge in [-0.2, -0.15) is 0 Å². The number of Topliss-reactive ketones (excluding diaryl/α,β-unsaturated/α-hetero) is 1. The summed E-state index contributed by atoms with van der Waals surface area (Å²) in [6, 6.07) is 7.02. The smallest absolute Gasteiger partial charge is 0.409 e. The summed E-state index contributed by atoms with van der Waals surface area (Å²) in [5, 5.41) is 3.02. The maximum absolute atomic E-state index is 12.6. The second kappa shape index (κ2) is 9.13. The predicted octanol–water partition coefficient (Wildman–Crippen LogP) is 2.34. The lowest BCUT2D eigenvalue weighted by Crippen LogP contribution is -2.50. The molecule has 2 heterocycles. The number of hydrogen-bond acceptors (Lipinski definition) is 7. The number of nitrogens with zero attached hydrogens (tertiary/aromatic N) is 4. The molecule has 0 spiro atoms. The SMILES string of the molecule is CCOC(=O)N1CCN(C(=O)c2cnc(Nc3cccc(C(C)=O)c3)nc2)CC1. The van der Waals surface area contributed by atoms with Gasteiger partial charge in [0.25, 0.3) is 5.91 Å². The van der Waals surface area contributed by atoms with Gasteiger partial charge in [0.1, 0.15) is 0 Å². The summed E-state index contributed by atoms with van der Waals surface area (Å²) >= 11 is 0. The molecule has 0 saturated carbocycles. The van der Waals surface area contributed by atoms with Crippen LogP contribution in [0.15, 0.2) is 36.7 Å². The van der Waals surface area contributed by atoms with E-state index in [1.807, 2.05) is 0 Å². The number of benzene rings is 1. The number of nitrogens with one attached hydrogen (secondary N) is 1. The van der Waals surface area contributed by atoms with Crippen molar-refractivity contribution in [2.45, 2.75) is 13.8 Å². The van der Waals surface area contributed by atoms with Crippen LogP contribution in [0.3, 0.4) is 0 Å². The Labute approximate surface area is 168 Å². The van der Waals surface area contributed by atoms with E-state index in [2.05, 4.69) is 15.3 Å². The van der Waals surface area contributed by atoms with Crippen molar-refractivity contribution in [2.24, 2.45) is 0 Å². The molecular formula is C20H23N5O4. The second-order valence-corrected chi connectivity index (χ2v) is 6.54. The minimum atomic E-state index is -0.354. The summed E-state index contributed by atoms with van der Waals surface area (Å²) in [7, 11) is 0. The lowest BCUT2D eigenvalue weighted by Gasteiger charge is -2.33.